The van der Waals surface area contributed by atoms with Gasteiger partial charge in [-0.2, -0.15) is 0 Å². The molecule has 10 heteroatoms. The Morgan fingerprint density at radius 1 is 1.14 bits per heavy atom. The summed E-state index contributed by atoms with van der Waals surface area (Å²) in [7, 11) is 3.23. The quantitative estimate of drug-likeness (QED) is 0.0581. The number of ether oxygens (including phenoxy) is 2. The summed E-state index contributed by atoms with van der Waals surface area (Å²) >= 11 is 0. The monoisotopic (exact) mass is 441 g/mol. The van der Waals surface area contributed by atoms with Crippen LogP contribution < -0.4 is 4.74 Å². The van der Waals surface area contributed by atoms with Crippen LogP contribution in [0.25, 0.3) is 6.08 Å². The fourth-order valence-corrected chi connectivity index (χ4v) is 3.58. The van der Waals surface area contributed by atoms with E-state index in [4.69, 9.17) is 9.47 Å². The molecular weight excluding hydrogens is 418 g/mol. The van der Waals surface area contributed by atoms with Crippen LogP contribution in [0.2, 0.25) is 0 Å². The minimum atomic E-state index is -0.856. The van der Waals surface area contributed by atoms with E-state index in [1.54, 1.807) is 51.9 Å². The maximum absolute atomic E-state index is 11.8. The van der Waals surface area contributed by atoms with Crippen molar-refractivity contribution in [3.63, 3.8) is 0 Å². The first-order valence-electron chi connectivity index (χ1n) is 8.79. The highest BCUT2D eigenvalue weighted by atomic mass is 33.1. The second kappa shape index (κ2) is 15.5. The van der Waals surface area contributed by atoms with Crippen LogP contribution in [0.4, 0.5) is 0 Å². The van der Waals surface area contributed by atoms with Gasteiger partial charge in [-0.1, -0.05) is 39.8 Å². The van der Waals surface area contributed by atoms with Crippen LogP contribution in [0.1, 0.15) is 24.8 Å². The largest absolute Gasteiger partial charge is 0.463 e. The fraction of sp³-hybridized carbons (Fsp3) is 0.368. The number of esters is 2. The van der Waals surface area contributed by atoms with Gasteiger partial charge in [-0.25, -0.2) is 4.79 Å². The van der Waals surface area contributed by atoms with E-state index < -0.39 is 11.1 Å². The fourth-order valence-electron chi connectivity index (χ4n) is 1.84. The molecule has 0 radical (unpaired) electrons. The molecule has 0 atom stereocenters. The number of unbranched alkanes of at least 4 members (excludes halogenated alkanes) is 1. The summed E-state index contributed by atoms with van der Waals surface area (Å²) in [5, 5.41) is 9.11. The standard InChI is InChI=1S/C19H23NO7S2/c1-2-14-28-29-15-11-19(22)27-17-8-5-16(6-9-17)7-10-18(21)25-12-3-4-13-26-20(23)24/h2,5-10H,1,3-4,11-15H2/b10-7+. The molecule has 0 aliphatic rings. The molecule has 0 bridgehead atoms. The molecule has 0 heterocycles. The van der Waals surface area contributed by atoms with Crippen LogP contribution in [0.15, 0.2) is 43.0 Å². The van der Waals surface area contributed by atoms with Gasteiger partial charge in [0.15, 0.2) is 0 Å². The first kappa shape index (κ1) is 24.6. The molecule has 1 aromatic rings. The van der Waals surface area contributed by atoms with Gasteiger partial charge < -0.3 is 14.3 Å². The first-order valence-corrected chi connectivity index (χ1v) is 11.3. The van der Waals surface area contributed by atoms with Crippen molar-refractivity contribution in [1.29, 1.82) is 0 Å². The number of benzene rings is 1. The number of hydrogen-bond acceptors (Lipinski definition) is 9. The van der Waals surface area contributed by atoms with Crippen molar-refractivity contribution in [2.45, 2.75) is 19.3 Å². The molecule has 0 N–H and O–H groups in total. The summed E-state index contributed by atoms with van der Waals surface area (Å²) in [6.07, 6.45) is 5.89. The third kappa shape index (κ3) is 13.4. The van der Waals surface area contributed by atoms with Crippen LogP contribution >= 0.6 is 21.6 Å². The predicted octanol–water partition coefficient (Wildman–Crippen LogP) is 4.09. The van der Waals surface area contributed by atoms with Gasteiger partial charge in [-0.05, 0) is 36.6 Å². The molecule has 0 aromatic heterocycles. The number of rotatable bonds is 15. The summed E-state index contributed by atoms with van der Waals surface area (Å²) in [4.78, 5) is 37.5. The van der Waals surface area contributed by atoms with E-state index >= 15 is 0 Å². The second-order valence-corrected chi connectivity index (χ2v) is 8.08. The van der Waals surface area contributed by atoms with Crippen molar-refractivity contribution < 1.29 is 29.0 Å². The molecule has 1 aromatic carbocycles. The molecule has 158 valence electrons. The van der Waals surface area contributed by atoms with Crippen molar-refractivity contribution in [3.8, 4) is 5.75 Å². The highest BCUT2D eigenvalue weighted by Gasteiger charge is 2.05. The van der Waals surface area contributed by atoms with E-state index in [-0.39, 0.29) is 19.2 Å². The minimum absolute atomic E-state index is 0.0234. The van der Waals surface area contributed by atoms with E-state index in [1.807, 2.05) is 6.08 Å². The first-order chi connectivity index (χ1) is 14.0. The normalized spacial score (nSPS) is 10.5. The zero-order chi connectivity index (χ0) is 21.3. The Balaban J connectivity index is 2.25. The topological polar surface area (TPSA) is 105 Å². The van der Waals surface area contributed by atoms with Crippen LogP contribution in [0.3, 0.4) is 0 Å². The van der Waals surface area contributed by atoms with Crippen LogP contribution in [-0.4, -0.2) is 41.7 Å². The zero-order valence-corrected chi connectivity index (χ0v) is 17.5. The molecule has 0 spiro atoms. The summed E-state index contributed by atoms with van der Waals surface area (Å²) in [6, 6.07) is 6.74. The molecule has 1 rings (SSSR count). The van der Waals surface area contributed by atoms with Crippen molar-refractivity contribution >= 4 is 39.6 Å². The van der Waals surface area contributed by atoms with E-state index in [9.17, 15) is 19.7 Å². The second-order valence-electron chi connectivity index (χ2n) is 5.45. The van der Waals surface area contributed by atoms with Crippen molar-refractivity contribution in [2.24, 2.45) is 0 Å². The molecule has 0 amide bonds. The third-order valence-electron chi connectivity index (χ3n) is 3.16. The van der Waals surface area contributed by atoms with Gasteiger partial charge >= 0.3 is 11.9 Å². The van der Waals surface area contributed by atoms with Gasteiger partial charge in [0, 0.05) is 17.6 Å². The average molecular weight is 442 g/mol. The number of hydrogen-bond donors (Lipinski definition) is 0. The maximum atomic E-state index is 11.8. The molecular formula is C19H23NO7S2. The van der Waals surface area contributed by atoms with Crippen molar-refractivity contribution in [2.75, 3.05) is 24.7 Å². The highest BCUT2D eigenvalue weighted by Crippen LogP contribution is 2.22. The van der Waals surface area contributed by atoms with E-state index in [2.05, 4.69) is 11.4 Å². The lowest BCUT2D eigenvalue weighted by molar-refractivity contribution is -0.757. The van der Waals surface area contributed by atoms with Crippen LogP contribution in [0, 0.1) is 10.1 Å². The van der Waals surface area contributed by atoms with Gasteiger partial charge in [0.25, 0.3) is 5.09 Å². The molecule has 29 heavy (non-hydrogen) atoms. The van der Waals surface area contributed by atoms with Crippen LogP contribution in [0.5, 0.6) is 5.75 Å². The Hall–Kier alpha value is -2.46. The summed E-state index contributed by atoms with van der Waals surface area (Å²) < 4.78 is 10.2. The summed E-state index contributed by atoms with van der Waals surface area (Å²) in [6.45, 7) is 3.76. The lowest BCUT2D eigenvalue weighted by atomic mass is 10.2. The van der Waals surface area contributed by atoms with E-state index in [0.717, 1.165) is 11.3 Å². The third-order valence-corrected chi connectivity index (χ3v) is 5.48. The molecule has 0 saturated heterocycles. The van der Waals surface area contributed by atoms with Gasteiger partial charge in [0.2, 0.25) is 0 Å². The molecule has 0 fully saturated rings. The average Bonchev–Trinajstić information content (AvgIpc) is 2.69. The molecule has 0 aliphatic carbocycles. The molecule has 0 saturated carbocycles. The van der Waals surface area contributed by atoms with Crippen molar-refractivity contribution in [1.82, 2.24) is 0 Å². The Labute approximate surface area is 177 Å². The van der Waals surface area contributed by atoms with Gasteiger partial charge in [-0.15, -0.1) is 16.7 Å². The van der Waals surface area contributed by atoms with Gasteiger partial charge in [0.05, 0.1) is 19.6 Å². The summed E-state index contributed by atoms with van der Waals surface area (Å²) in [5.74, 6) is 1.13. The molecule has 8 nitrogen and oxygen atoms in total. The van der Waals surface area contributed by atoms with Gasteiger partial charge in [-0.3, -0.25) is 4.79 Å². The van der Waals surface area contributed by atoms with Crippen molar-refractivity contribution in [3.05, 3.63) is 58.7 Å². The van der Waals surface area contributed by atoms with E-state index in [0.29, 0.717) is 30.8 Å². The Morgan fingerprint density at radius 3 is 2.55 bits per heavy atom. The molecule has 0 aliphatic heterocycles. The highest BCUT2D eigenvalue weighted by molar-refractivity contribution is 8.76. The Morgan fingerprint density at radius 2 is 1.86 bits per heavy atom. The smallest absolute Gasteiger partial charge is 0.330 e. The zero-order valence-electron chi connectivity index (χ0n) is 15.8. The van der Waals surface area contributed by atoms with Gasteiger partial charge in [0.1, 0.15) is 5.75 Å². The Kier molecular flexibility index (Phi) is 13.1. The summed E-state index contributed by atoms with van der Waals surface area (Å²) in [5.41, 5.74) is 0.748. The SMILES string of the molecule is C=CCSSCCC(=O)Oc1ccc(/C=C/C(=O)OCCCCO[N+](=O)[O-])cc1. The maximum Gasteiger partial charge on any atom is 0.330 e. The molecule has 0 unspecified atom stereocenters. The number of carbonyl (C=O) groups is 2. The Bertz CT molecular complexity index is 692. The number of carbonyl (C=O) groups excluding carboxylic acids is 2. The lowest BCUT2D eigenvalue weighted by Gasteiger charge is -2.04. The number of nitrogens with zero attached hydrogens (tertiary/aromatic N) is 1. The lowest BCUT2D eigenvalue weighted by Crippen LogP contribution is -2.08. The van der Waals surface area contributed by atoms with E-state index in [1.165, 1.54) is 6.08 Å². The van der Waals surface area contributed by atoms with Crippen LogP contribution in [-0.2, 0) is 19.2 Å². The predicted molar refractivity (Wildman–Crippen MR) is 114 cm³/mol. The minimum Gasteiger partial charge on any atom is -0.463 e.